The van der Waals surface area contributed by atoms with E-state index < -0.39 is 5.97 Å². The molecule has 2 rings (SSSR count). The zero-order chi connectivity index (χ0) is 14.2. The number of carboxylic acid groups (broad SMARTS) is 1. The minimum atomic E-state index is -0.810. The summed E-state index contributed by atoms with van der Waals surface area (Å²) in [4.78, 5) is 11.0. The SMILES string of the molecule is COc1c(C2(CC(=O)O)CC2)cc(Cl)c(C)c1OC. The highest BCUT2D eigenvalue weighted by Gasteiger charge is 2.48. The topological polar surface area (TPSA) is 55.8 Å². The van der Waals surface area contributed by atoms with E-state index >= 15 is 0 Å². The Morgan fingerprint density at radius 3 is 2.37 bits per heavy atom. The molecule has 1 aliphatic rings. The third-order valence-corrected chi connectivity index (χ3v) is 4.14. The number of halogens is 1. The van der Waals surface area contributed by atoms with Crippen molar-refractivity contribution in [3.8, 4) is 11.5 Å². The number of rotatable bonds is 5. The number of hydrogen-bond acceptors (Lipinski definition) is 3. The zero-order valence-electron chi connectivity index (χ0n) is 11.2. The van der Waals surface area contributed by atoms with Crippen LogP contribution in [0.15, 0.2) is 6.07 Å². The van der Waals surface area contributed by atoms with E-state index in [4.69, 9.17) is 26.2 Å². The number of aliphatic carboxylic acids is 1. The molecule has 1 fully saturated rings. The quantitative estimate of drug-likeness (QED) is 0.902. The molecule has 0 radical (unpaired) electrons. The van der Waals surface area contributed by atoms with Crippen molar-refractivity contribution in [3.63, 3.8) is 0 Å². The molecule has 1 aromatic rings. The minimum Gasteiger partial charge on any atom is -0.493 e. The monoisotopic (exact) mass is 284 g/mol. The van der Waals surface area contributed by atoms with Crippen molar-refractivity contribution in [2.24, 2.45) is 0 Å². The van der Waals surface area contributed by atoms with Gasteiger partial charge in [0.05, 0.1) is 20.6 Å². The van der Waals surface area contributed by atoms with Gasteiger partial charge in [-0.3, -0.25) is 4.79 Å². The van der Waals surface area contributed by atoms with Crippen LogP contribution < -0.4 is 9.47 Å². The molecule has 0 spiro atoms. The second kappa shape index (κ2) is 4.93. The van der Waals surface area contributed by atoms with E-state index in [1.807, 2.05) is 13.0 Å². The van der Waals surface area contributed by atoms with Gasteiger partial charge in [-0.05, 0) is 25.8 Å². The Balaban J connectivity index is 2.57. The van der Waals surface area contributed by atoms with E-state index in [0.717, 1.165) is 24.0 Å². The Labute approximate surface area is 117 Å². The van der Waals surface area contributed by atoms with E-state index in [0.29, 0.717) is 16.5 Å². The molecule has 0 bridgehead atoms. The Kier molecular flexibility index (Phi) is 3.63. The summed E-state index contributed by atoms with van der Waals surface area (Å²) in [6.07, 6.45) is 1.75. The molecule has 0 aromatic heterocycles. The smallest absolute Gasteiger partial charge is 0.304 e. The van der Waals surface area contributed by atoms with Crippen LogP contribution in [-0.2, 0) is 10.2 Å². The molecule has 1 N–H and O–H groups in total. The Morgan fingerprint density at radius 2 is 1.95 bits per heavy atom. The predicted molar refractivity (Wildman–Crippen MR) is 72.5 cm³/mol. The number of hydrogen-bond donors (Lipinski definition) is 1. The van der Waals surface area contributed by atoms with E-state index in [-0.39, 0.29) is 11.8 Å². The van der Waals surface area contributed by atoms with E-state index in [1.54, 1.807) is 14.2 Å². The van der Waals surface area contributed by atoms with Gasteiger partial charge in [0.1, 0.15) is 0 Å². The number of ether oxygens (including phenoxy) is 2. The second-order valence-electron chi connectivity index (χ2n) is 4.95. The summed E-state index contributed by atoms with van der Waals surface area (Å²) in [6.45, 7) is 1.85. The van der Waals surface area contributed by atoms with E-state index in [9.17, 15) is 4.79 Å². The highest BCUT2D eigenvalue weighted by atomic mass is 35.5. The molecule has 5 heteroatoms. The highest BCUT2D eigenvalue weighted by Crippen LogP contribution is 2.56. The first-order chi connectivity index (χ1) is 8.95. The van der Waals surface area contributed by atoms with Crippen molar-refractivity contribution in [1.82, 2.24) is 0 Å². The first-order valence-electron chi connectivity index (χ1n) is 6.08. The van der Waals surface area contributed by atoms with Gasteiger partial charge in [0, 0.05) is 21.6 Å². The summed E-state index contributed by atoms with van der Waals surface area (Å²) in [5, 5.41) is 9.63. The lowest BCUT2D eigenvalue weighted by Crippen LogP contribution is -2.15. The van der Waals surface area contributed by atoms with Crippen molar-refractivity contribution in [2.75, 3.05) is 14.2 Å². The van der Waals surface area contributed by atoms with Gasteiger partial charge in [-0.15, -0.1) is 0 Å². The Morgan fingerprint density at radius 1 is 1.37 bits per heavy atom. The Bertz CT molecular complexity index is 521. The van der Waals surface area contributed by atoms with Crippen LogP contribution in [0.2, 0.25) is 5.02 Å². The van der Waals surface area contributed by atoms with Gasteiger partial charge in [-0.25, -0.2) is 0 Å². The fourth-order valence-electron chi connectivity index (χ4n) is 2.53. The average molecular weight is 285 g/mol. The highest BCUT2D eigenvalue weighted by molar-refractivity contribution is 6.31. The Hall–Kier alpha value is -1.42. The molecular formula is C14H17ClO4. The first-order valence-corrected chi connectivity index (χ1v) is 6.46. The van der Waals surface area contributed by atoms with Crippen LogP contribution >= 0.6 is 11.6 Å². The molecule has 0 saturated heterocycles. The summed E-state index contributed by atoms with van der Waals surface area (Å²) < 4.78 is 10.8. The molecule has 104 valence electrons. The molecular weight excluding hydrogens is 268 g/mol. The lowest BCUT2D eigenvalue weighted by Gasteiger charge is -2.21. The lowest BCUT2D eigenvalue weighted by atomic mass is 9.90. The van der Waals surface area contributed by atoms with Crippen molar-refractivity contribution in [2.45, 2.75) is 31.6 Å². The van der Waals surface area contributed by atoms with Gasteiger partial charge >= 0.3 is 5.97 Å². The average Bonchev–Trinajstić information content (AvgIpc) is 3.11. The van der Waals surface area contributed by atoms with E-state index in [2.05, 4.69) is 0 Å². The summed E-state index contributed by atoms with van der Waals surface area (Å²) in [6, 6.07) is 1.81. The molecule has 0 unspecified atom stereocenters. The van der Waals surface area contributed by atoms with Crippen LogP contribution in [0.3, 0.4) is 0 Å². The maximum atomic E-state index is 11.0. The molecule has 0 heterocycles. The second-order valence-corrected chi connectivity index (χ2v) is 5.36. The molecule has 4 nitrogen and oxygen atoms in total. The van der Waals surface area contributed by atoms with Gasteiger partial charge < -0.3 is 14.6 Å². The van der Waals surface area contributed by atoms with Crippen molar-refractivity contribution in [1.29, 1.82) is 0 Å². The van der Waals surface area contributed by atoms with Crippen molar-refractivity contribution in [3.05, 3.63) is 22.2 Å². The maximum Gasteiger partial charge on any atom is 0.304 e. The molecule has 1 aliphatic carbocycles. The van der Waals surface area contributed by atoms with Gasteiger partial charge in [0.25, 0.3) is 0 Å². The van der Waals surface area contributed by atoms with Gasteiger partial charge in [0.2, 0.25) is 0 Å². The first kappa shape index (κ1) is 14.0. The number of benzene rings is 1. The molecule has 19 heavy (non-hydrogen) atoms. The van der Waals surface area contributed by atoms with Crippen LogP contribution in [0.5, 0.6) is 11.5 Å². The number of methoxy groups -OCH3 is 2. The molecule has 1 saturated carbocycles. The predicted octanol–water partition coefficient (Wildman–Crippen LogP) is 3.17. The summed E-state index contributed by atoms with van der Waals surface area (Å²) >= 11 is 6.21. The van der Waals surface area contributed by atoms with Crippen molar-refractivity contribution < 1.29 is 19.4 Å². The van der Waals surface area contributed by atoms with Crippen LogP contribution in [0.1, 0.15) is 30.4 Å². The largest absolute Gasteiger partial charge is 0.493 e. The normalized spacial score (nSPS) is 16.0. The molecule has 0 aliphatic heterocycles. The third-order valence-electron chi connectivity index (χ3n) is 3.74. The van der Waals surface area contributed by atoms with Gasteiger partial charge in [-0.2, -0.15) is 0 Å². The summed E-state index contributed by atoms with van der Waals surface area (Å²) in [7, 11) is 3.12. The van der Waals surface area contributed by atoms with Crippen LogP contribution in [0, 0.1) is 6.92 Å². The summed E-state index contributed by atoms with van der Waals surface area (Å²) in [5.74, 6) is 0.375. The third kappa shape index (κ3) is 2.37. The fraction of sp³-hybridized carbons (Fsp3) is 0.500. The summed E-state index contributed by atoms with van der Waals surface area (Å²) in [5.41, 5.74) is 1.28. The molecule has 1 aromatic carbocycles. The van der Waals surface area contributed by atoms with Crippen LogP contribution in [0.4, 0.5) is 0 Å². The molecule has 0 atom stereocenters. The standard InChI is InChI=1S/C14H17ClO4/c1-8-10(15)6-9(13(19-3)12(8)18-2)14(4-5-14)7-11(16)17/h6H,4-5,7H2,1-3H3,(H,16,17). The number of carbonyl (C=O) groups is 1. The number of carboxylic acids is 1. The van der Waals surface area contributed by atoms with Crippen LogP contribution in [-0.4, -0.2) is 25.3 Å². The van der Waals surface area contributed by atoms with Crippen LogP contribution in [0.25, 0.3) is 0 Å². The van der Waals surface area contributed by atoms with Crippen molar-refractivity contribution >= 4 is 17.6 Å². The van der Waals surface area contributed by atoms with Gasteiger partial charge in [0.15, 0.2) is 11.5 Å². The zero-order valence-corrected chi connectivity index (χ0v) is 12.0. The maximum absolute atomic E-state index is 11.0. The lowest BCUT2D eigenvalue weighted by molar-refractivity contribution is -0.137. The minimum absolute atomic E-state index is 0.0892. The van der Waals surface area contributed by atoms with E-state index in [1.165, 1.54) is 0 Å². The fourth-order valence-corrected chi connectivity index (χ4v) is 2.72. The van der Waals surface area contributed by atoms with Gasteiger partial charge in [-0.1, -0.05) is 11.6 Å². The molecule has 0 amide bonds.